The van der Waals surface area contributed by atoms with Crippen molar-refractivity contribution < 1.29 is 18.3 Å². The summed E-state index contributed by atoms with van der Waals surface area (Å²) in [5.41, 5.74) is 0.862. The predicted molar refractivity (Wildman–Crippen MR) is 159 cm³/mol. The minimum Gasteiger partial charge on any atom is -0.394 e. The van der Waals surface area contributed by atoms with Gasteiger partial charge in [-0.1, -0.05) is 48.5 Å². The lowest BCUT2D eigenvalue weighted by molar-refractivity contribution is 0.0992. The molecule has 0 amide bonds. The number of aliphatic hydroxyl groups excluding tert-OH is 1. The fourth-order valence-corrected chi connectivity index (χ4v) is 6.65. The normalized spacial score (nSPS) is 17.7. The van der Waals surface area contributed by atoms with Crippen LogP contribution in [0.25, 0.3) is 21.7 Å². The second kappa shape index (κ2) is 13.4. The van der Waals surface area contributed by atoms with E-state index in [1.54, 1.807) is 12.1 Å². The van der Waals surface area contributed by atoms with E-state index < -0.39 is 10.0 Å². The number of hydrogen-bond donors (Lipinski definition) is 4. The molecular formula is C30H37N5O4S. The first kappa shape index (κ1) is 28.2. The second-order valence-electron chi connectivity index (χ2n) is 10.3. The topological polar surface area (TPSA) is 125 Å². The van der Waals surface area contributed by atoms with Crippen molar-refractivity contribution in [1.82, 2.24) is 14.7 Å². The minimum atomic E-state index is -3.58. The van der Waals surface area contributed by atoms with Crippen molar-refractivity contribution in [1.29, 1.82) is 0 Å². The molecule has 1 heterocycles. The molecule has 0 radical (unpaired) electrons. The number of nitrogens with zero attached hydrogens (tertiary/aromatic N) is 2. The molecule has 0 bridgehead atoms. The maximum Gasteiger partial charge on any atom is 0.241 e. The lowest BCUT2D eigenvalue weighted by Crippen LogP contribution is -2.32. The standard InChI is InChI=1S/C30H37N5O4S/c36-17-19-39-18-16-31-29-26-9-3-4-10-27(26)34-30(35-29)32-20-22-12-14-23(15-13-22)21-33-40(37,38)28-11-5-7-24-6-1-2-8-25(24)28/h1-11,22-23,33,36H,12-21H2,(H2,31,32,34,35). The number of anilines is 2. The molecule has 0 spiro atoms. The molecular weight excluding hydrogens is 526 g/mol. The van der Waals surface area contributed by atoms with Crippen molar-refractivity contribution in [2.45, 2.75) is 30.6 Å². The van der Waals surface area contributed by atoms with E-state index in [2.05, 4.69) is 15.4 Å². The van der Waals surface area contributed by atoms with Crippen LogP contribution in [0.5, 0.6) is 0 Å². The van der Waals surface area contributed by atoms with Gasteiger partial charge in [0.1, 0.15) is 5.82 Å². The van der Waals surface area contributed by atoms with Crippen LogP contribution in [0.4, 0.5) is 11.8 Å². The van der Waals surface area contributed by atoms with Gasteiger partial charge in [0.05, 0.1) is 30.2 Å². The lowest BCUT2D eigenvalue weighted by Gasteiger charge is -2.28. The quantitative estimate of drug-likeness (QED) is 0.176. The van der Waals surface area contributed by atoms with Crippen LogP contribution in [0, 0.1) is 11.8 Å². The fourth-order valence-electron chi connectivity index (χ4n) is 5.31. The van der Waals surface area contributed by atoms with E-state index in [0.717, 1.165) is 59.7 Å². The van der Waals surface area contributed by atoms with Crippen LogP contribution in [-0.2, 0) is 14.8 Å². The Morgan fingerprint density at radius 1 is 0.800 bits per heavy atom. The minimum absolute atomic E-state index is 0.00709. The van der Waals surface area contributed by atoms with Gasteiger partial charge >= 0.3 is 0 Å². The van der Waals surface area contributed by atoms with E-state index in [-0.39, 0.29) is 6.61 Å². The molecule has 1 fully saturated rings. The molecule has 9 nitrogen and oxygen atoms in total. The first-order chi connectivity index (χ1) is 19.5. The van der Waals surface area contributed by atoms with Gasteiger partial charge in [0.15, 0.2) is 0 Å². The Morgan fingerprint density at radius 3 is 2.30 bits per heavy atom. The van der Waals surface area contributed by atoms with Crippen molar-refractivity contribution in [3.63, 3.8) is 0 Å². The Bertz CT molecular complexity index is 1520. The Hall–Kier alpha value is -3.31. The smallest absolute Gasteiger partial charge is 0.241 e. The summed E-state index contributed by atoms with van der Waals surface area (Å²) in [5.74, 6) is 2.14. The monoisotopic (exact) mass is 563 g/mol. The second-order valence-corrected chi connectivity index (χ2v) is 12.0. The zero-order valence-corrected chi connectivity index (χ0v) is 23.4. The van der Waals surface area contributed by atoms with Crippen molar-refractivity contribution in [2.24, 2.45) is 11.8 Å². The summed E-state index contributed by atoms with van der Waals surface area (Å²) in [6.45, 7) is 2.60. The molecule has 1 aliphatic rings. The van der Waals surface area contributed by atoms with Crippen LogP contribution >= 0.6 is 0 Å². The van der Waals surface area contributed by atoms with Crippen LogP contribution in [0.15, 0.2) is 71.6 Å². The number of fused-ring (bicyclic) bond motifs is 2. The van der Waals surface area contributed by atoms with Gasteiger partial charge in [-0.3, -0.25) is 0 Å². The SMILES string of the molecule is O=S(=O)(NCC1CCC(CNc2nc(NCCOCCO)c3ccccc3n2)CC1)c1cccc2ccccc12. The van der Waals surface area contributed by atoms with Gasteiger partial charge in [-0.2, -0.15) is 4.98 Å². The number of rotatable bonds is 13. The van der Waals surface area contributed by atoms with Gasteiger partial charge < -0.3 is 20.5 Å². The maximum atomic E-state index is 13.1. The maximum absolute atomic E-state index is 13.1. The van der Waals surface area contributed by atoms with Gasteiger partial charge in [-0.25, -0.2) is 18.1 Å². The highest BCUT2D eigenvalue weighted by Gasteiger charge is 2.24. The van der Waals surface area contributed by atoms with Crippen molar-refractivity contribution in [3.05, 3.63) is 66.7 Å². The molecule has 0 saturated heterocycles. The summed E-state index contributed by atoms with van der Waals surface area (Å²) in [6, 6.07) is 20.9. The fraction of sp³-hybridized carbons (Fsp3) is 0.400. The van der Waals surface area contributed by atoms with Crippen LogP contribution < -0.4 is 15.4 Å². The van der Waals surface area contributed by atoms with Gasteiger partial charge in [0, 0.05) is 30.4 Å². The molecule has 0 atom stereocenters. The third-order valence-corrected chi connectivity index (χ3v) is 8.98. The van der Waals surface area contributed by atoms with E-state index in [1.165, 1.54) is 0 Å². The molecule has 40 heavy (non-hydrogen) atoms. The molecule has 0 aliphatic heterocycles. The van der Waals surface area contributed by atoms with Crippen molar-refractivity contribution in [2.75, 3.05) is 50.1 Å². The zero-order valence-electron chi connectivity index (χ0n) is 22.6. The number of sulfonamides is 1. The third-order valence-electron chi connectivity index (χ3n) is 7.49. The number of para-hydroxylation sites is 1. The summed E-state index contributed by atoms with van der Waals surface area (Å²) in [7, 11) is -3.58. The average Bonchev–Trinajstić information content (AvgIpc) is 2.99. The molecule has 0 unspecified atom stereocenters. The molecule has 1 saturated carbocycles. The van der Waals surface area contributed by atoms with Gasteiger partial charge in [0.2, 0.25) is 16.0 Å². The van der Waals surface area contributed by atoms with Gasteiger partial charge in [-0.15, -0.1) is 0 Å². The molecule has 4 N–H and O–H groups in total. The Labute approximate surface area is 235 Å². The lowest BCUT2D eigenvalue weighted by atomic mass is 9.82. The van der Waals surface area contributed by atoms with Crippen LogP contribution in [-0.4, -0.2) is 62.9 Å². The highest BCUT2D eigenvalue weighted by Crippen LogP contribution is 2.30. The molecule has 4 aromatic rings. The molecule has 3 aromatic carbocycles. The van der Waals surface area contributed by atoms with Gasteiger partial charge in [0.25, 0.3) is 0 Å². The molecule has 5 rings (SSSR count). The highest BCUT2D eigenvalue weighted by atomic mass is 32.2. The van der Waals surface area contributed by atoms with Crippen LogP contribution in [0.1, 0.15) is 25.7 Å². The van der Waals surface area contributed by atoms with Crippen LogP contribution in [0.2, 0.25) is 0 Å². The molecule has 1 aliphatic carbocycles. The van der Waals surface area contributed by atoms with E-state index >= 15 is 0 Å². The van der Waals surface area contributed by atoms with Crippen molar-refractivity contribution >= 4 is 43.5 Å². The largest absolute Gasteiger partial charge is 0.394 e. The number of nitrogens with one attached hydrogen (secondary N) is 3. The molecule has 10 heteroatoms. The predicted octanol–water partition coefficient (Wildman–Crippen LogP) is 4.40. The Morgan fingerprint density at radius 2 is 1.50 bits per heavy atom. The zero-order chi connectivity index (χ0) is 27.8. The van der Waals surface area contributed by atoms with Gasteiger partial charge in [-0.05, 0) is 61.1 Å². The average molecular weight is 564 g/mol. The Balaban J connectivity index is 1.12. The number of benzene rings is 3. The van der Waals surface area contributed by atoms with E-state index in [1.807, 2.05) is 54.6 Å². The van der Waals surface area contributed by atoms with E-state index in [9.17, 15) is 8.42 Å². The third kappa shape index (κ3) is 7.06. The summed E-state index contributed by atoms with van der Waals surface area (Å²) in [6.07, 6.45) is 4.00. The molecule has 1 aromatic heterocycles. The highest BCUT2D eigenvalue weighted by molar-refractivity contribution is 7.89. The summed E-state index contributed by atoms with van der Waals surface area (Å²) in [4.78, 5) is 9.74. The summed E-state index contributed by atoms with van der Waals surface area (Å²) >= 11 is 0. The number of aliphatic hydroxyl groups is 1. The van der Waals surface area contributed by atoms with Crippen LogP contribution in [0.3, 0.4) is 0 Å². The summed E-state index contributed by atoms with van der Waals surface area (Å²) in [5, 5.41) is 18.2. The molecule has 212 valence electrons. The van der Waals surface area contributed by atoms with E-state index in [0.29, 0.717) is 49.0 Å². The number of hydrogen-bond acceptors (Lipinski definition) is 8. The van der Waals surface area contributed by atoms with Crippen molar-refractivity contribution in [3.8, 4) is 0 Å². The van der Waals surface area contributed by atoms with E-state index in [4.69, 9.17) is 19.8 Å². The number of aromatic nitrogens is 2. The first-order valence-electron chi connectivity index (χ1n) is 13.9. The summed E-state index contributed by atoms with van der Waals surface area (Å²) < 4.78 is 34.4. The Kier molecular flexibility index (Phi) is 9.43. The first-order valence-corrected chi connectivity index (χ1v) is 15.4. The number of ether oxygens (including phenoxy) is 1.